The fourth-order valence-corrected chi connectivity index (χ4v) is 1.42. The van der Waals surface area contributed by atoms with Gasteiger partial charge in [-0.05, 0) is 32.6 Å². The number of nitrogens with one attached hydrogen (secondary N) is 1. The van der Waals surface area contributed by atoms with Gasteiger partial charge in [-0.25, -0.2) is 0 Å². The molecule has 1 aliphatic rings. The average Bonchev–Trinajstić information content (AvgIpc) is 1.93. The van der Waals surface area contributed by atoms with Crippen LogP contribution in [0.5, 0.6) is 0 Å². The van der Waals surface area contributed by atoms with Crippen LogP contribution in [0, 0.1) is 5.92 Å². The van der Waals surface area contributed by atoms with Crippen LogP contribution >= 0.6 is 0 Å². The van der Waals surface area contributed by atoms with Crippen molar-refractivity contribution in [3.05, 3.63) is 0 Å². The minimum atomic E-state index is 0.311. The van der Waals surface area contributed by atoms with Crippen molar-refractivity contribution in [2.75, 3.05) is 6.54 Å². The van der Waals surface area contributed by atoms with Crippen LogP contribution in [0.25, 0.3) is 0 Å². The molecule has 1 rings (SSSR count). The number of piperidine rings is 1. The second-order valence-electron chi connectivity index (χ2n) is 3.76. The lowest BCUT2D eigenvalue weighted by molar-refractivity contribution is -0.0320. The minimum Gasteiger partial charge on any atom is -0.361 e. The van der Waals surface area contributed by atoms with Crippen LogP contribution in [0.1, 0.15) is 33.6 Å². The van der Waals surface area contributed by atoms with Crippen LogP contribution in [0.4, 0.5) is 0 Å². The third-order valence-corrected chi connectivity index (χ3v) is 2.05. The molecule has 11 heavy (non-hydrogen) atoms. The molecule has 0 bridgehead atoms. The molecule has 0 aliphatic carbocycles. The van der Waals surface area contributed by atoms with Gasteiger partial charge in [0.05, 0.1) is 6.10 Å². The minimum absolute atomic E-state index is 0.311. The summed E-state index contributed by atoms with van der Waals surface area (Å²) < 4.78 is 5.63. The molecule has 0 spiro atoms. The van der Waals surface area contributed by atoms with E-state index < -0.39 is 0 Å². The van der Waals surface area contributed by atoms with E-state index >= 15 is 0 Å². The molecular formula is C9H19NO. The monoisotopic (exact) mass is 157 g/mol. The van der Waals surface area contributed by atoms with E-state index in [-0.39, 0.29) is 0 Å². The highest BCUT2D eigenvalue weighted by atomic mass is 16.5. The van der Waals surface area contributed by atoms with E-state index in [1.807, 2.05) is 0 Å². The molecule has 0 aromatic rings. The Bertz CT molecular complexity index is 106. The van der Waals surface area contributed by atoms with Crippen molar-refractivity contribution >= 4 is 0 Å². The quantitative estimate of drug-likeness (QED) is 0.659. The highest BCUT2D eigenvalue weighted by molar-refractivity contribution is 4.69. The summed E-state index contributed by atoms with van der Waals surface area (Å²) in [5.41, 5.74) is 0. The summed E-state index contributed by atoms with van der Waals surface area (Å²) in [6.45, 7) is 7.55. The molecule has 66 valence electrons. The molecule has 0 aromatic heterocycles. The van der Waals surface area contributed by atoms with Gasteiger partial charge in [-0.2, -0.15) is 0 Å². The lowest BCUT2D eigenvalue weighted by Crippen LogP contribution is -2.41. The summed E-state index contributed by atoms with van der Waals surface area (Å²) in [6.07, 6.45) is 3.12. The zero-order valence-electron chi connectivity index (χ0n) is 7.76. The van der Waals surface area contributed by atoms with E-state index in [0.717, 1.165) is 12.5 Å². The molecule has 1 saturated heterocycles. The Morgan fingerprint density at radius 2 is 2.09 bits per heavy atom. The van der Waals surface area contributed by atoms with Gasteiger partial charge in [0.25, 0.3) is 0 Å². The molecule has 2 unspecified atom stereocenters. The Labute approximate surface area is 69.3 Å². The summed E-state index contributed by atoms with van der Waals surface area (Å²) >= 11 is 0. The van der Waals surface area contributed by atoms with Crippen molar-refractivity contribution in [1.29, 1.82) is 0 Å². The van der Waals surface area contributed by atoms with Crippen molar-refractivity contribution in [2.45, 2.75) is 45.9 Å². The number of hydrogen-bond acceptors (Lipinski definition) is 2. The van der Waals surface area contributed by atoms with Crippen LogP contribution in [0.3, 0.4) is 0 Å². The maximum atomic E-state index is 5.63. The predicted octanol–water partition coefficient (Wildman–Crippen LogP) is 1.76. The zero-order chi connectivity index (χ0) is 8.27. The Morgan fingerprint density at radius 3 is 2.55 bits per heavy atom. The predicted molar refractivity (Wildman–Crippen MR) is 46.4 cm³/mol. The second-order valence-corrected chi connectivity index (χ2v) is 3.76. The maximum absolute atomic E-state index is 5.63. The van der Waals surface area contributed by atoms with Gasteiger partial charge >= 0.3 is 0 Å². The SMILES string of the molecule is CC1CCC(OC(C)C)NC1. The first-order chi connectivity index (χ1) is 5.18. The molecule has 2 atom stereocenters. The van der Waals surface area contributed by atoms with E-state index in [4.69, 9.17) is 4.74 Å². The van der Waals surface area contributed by atoms with Crippen LogP contribution in [0.2, 0.25) is 0 Å². The lowest BCUT2D eigenvalue weighted by atomic mass is 10.0. The van der Waals surface area contributed by atoms with Gasteiger partial charge in [-0.3, -0.25) is 5.32 Å². The molecule has 1 aliphatic heterocycles. The smallest absolute Gasteiger partial charge is 0.108 e. The normalized spacial score (nSPS) is 32.7. The summed E-state index contributed by atoms with van der Waals surface area (Å²) in [6, 6.07) is 0. The fraction of sp³-hybridized carbons (Fsp3) is 1.00. The first-order valence-electron chi connectivity index (χ1n) is 4.57. The van der Waals surface area contributed by atoms with Crippen molar-refractivity contribution in [2.24, 2.45) is 5.92 Å². The topological polar surface area (TPSA) is 21.3 Å². The fourth-order valence-electron chi connectivity index (χ4n) is 1.42. The van der Waals surface area contributed by atoms with Crippen molar-refractivity contribution in [1.82, 2.24) is 5.32 Å². The zero-order valence-corrected chi connectivity index (χ0v) is 7.76. The van der Waals surface area contributed by atoms with Gasteiger partial charge in [0.15, 0.2) is 0 Å². The van der Waals surface area contributed by atoms with Crippen molar-refractivity contribution < 1.29 is 4.74 Å². The molecule has 1 N–H and O–H groups in total. The summed E-state index contributed by atoms with van der Waals surface area (Å²) in [7, 11) is 0. The summed E-state index contributed by atoms with van der Waals surface area (Å²) in [5.74, 6) is 0.821. The average molecular weight is 157 g/mol. The van der Waals surface area contributed by atoms with E-state index in [1.165, 1.54) is 12.8 Å². The Kier molecular flexibility index (Phi) is 3.34. The number of hydrogen-bond donors (Lipinski definition) is 1. The Morgan fingerprint density at radius 1 is 1.36 bits per heavy atom. The second kappa shape index (κ2) is 4.07. The molecule has 0 amide bonds. The van der Waals surface area contributed by atoms with Gasteiger partial charge < -0.3 is 4.74 Å². The van der Waals surface area contributed by atoms with Gasteiger partial charge in [0.1, 0.15) is 6.23 Å². The van der Waals surface area contributed by atoms with Crippen molar-refractivity contribution in [3.8, 4) is 0 Å². The van der Waals surface area contributed by atoms with Crippen LogP contribution in [-0.4, -0.2) is 18.9 Å². The van der Waals surface area contributed by atoms with Gasteiger partial charge in [-0.1, -0.05) is 6.92 Å². The number of rotatable bonds is 2. The van der Waals surface area contributed by atoms with E-state index in [0.29, 0.717) is 12.3 Å². The first-order valence-corrected chi connectivity index (χ1v) is 4.57. The van der Waals surface area contributed by atoms with E-state index in [1.54, 1.807) is 0 Å². The molecule has 0 radical (unpaired) electrons. The van der Waals surface area contributed by atoms with Crippen LogP contribution in [-0.2, 0) is 4.74 Å². The van der Waals surface area contributed by atoms with E-state index in [2.05, 4.69) is 26.1 Å². The molecular weight excluding hydrogens is 138 g/mol. The summed E-state index contributed by atoms with van der Waals surface area (Å²) in [5, 5.41) is 3.38. The third-order valence-electron chi connectivity index (χ3n) is 2.05. The van der Waals surface area contributed by atoms with Gasteiger partial charge in [0.2, 0.25) is 0 Å². The van der Waals surface area contributed by atoms with Crippen LogP contribution in [0.15, 0.2) is 0 Å². The first kappa shape index (κ1) is 9.01. The van der Waals surface area contributed by atoms with E-state index in [9.17, 15) is 0 Å². The number of ether oxygens (including phenoxy) is 1. The molecule has 0 aromatic carbocycles. The maximum Gasteiger partial charge on any atom is 0.108 e. The largest absolute Gasteiger partial charge is 0.361 e. The lowest BCUT2D eigenvalue weighted by Gasteiger charge is -2.29. The highest BCUT2D eigenvalue weighted by Crippen LogP contribution is 2.14. The summed E-state index contributed by atoms with van der Waals surface area (Å²) in [4.78, 5) is 0. The molecule has 0 saturated carbocycles. The highest BCUT2D eigenvalue weighted by Gasteiger charge is 2.17. The Hall–Kier alpha value is -0.0800. The standard InChI is InChI=1S/C9H19NO/c1-7(2)11-9-5-4-8(3)6-10-9/h7-10H,4-6H2,1-3H3. The Balaban J connectivity index is 2.17. The molecule has 2 nitrogen and oxygen atoms in total. The van der Waals surface area contributed by atoms with Crippen molar-refractivity contribution in [3.63, 3.8) is 0 Å². The third kappa shape index (κ3) is 3.21. The van der Waals surface area contributed by atoms with Crippen LogP contribution < -0.4 is 5.32 Å². The molecule has 2 heteroatoms. The molecule has 1 heterocycles. The molecule has 1 fully saturated rings. The van der Waals surface area contributed by atoms with Gasteiger partial charge in [-0.15, -0.1) is 0 Å². The van der Waals surface area contributed by atoms with Gasteiger partial charge in [0, 0.05) is 6.54 Å².